The summed E-state index contributed by atoms with van der Waals surface area (Å²) >= 11 is 6.26. The Labute approximate surface area is 127 Å². The molecule has 0 amide bonds. The normalized spacial score (nSPS) is 18.2. The van der Waals surface area contributed by atoms with Crippen molar-refractivity contribution in [3.63, 3.8) is 0 Å². The smallest absolute Gasteiger partial charge is 0.0639 e. The molecule has 1 unspecified atom stereocenters. The van der Waals surface area contributed by atoms with E-state index in [2.05, 4.69) is 28.9 Å². The van der Waals surface area contributed by atoms with E-state index in [1.807, 2.05) is 12.1 Å². The van der Waals surface area contributed by atoms with E-state index in [9.17, 15) is 0 Å². The molecule has 0 radical (unpaired) electrons. The Morgan fingerprint density at radius 1 is 1.15 bits per heavy atom. The molecule has 3 nitrogen and oxygen atoms in total. The Kier molecular flexibility index (Phi) is 6.14. The SMILES string of the molecule is CCCC(N)CCN1CCN(c2ccccc2Cl)CC1. The van der Waals surface area contributed by atoms with Crippen LogP contribution in [0.3, 0.4) is 0 Å². The minimum absolute atomic E-state index is 0.363. The molecule has 1 aromatic carbocycles. The lowest BCUT2D eigenvalue weighted by molar-refractivity contribution is 0.246. The molecule has 1 aliphatic rings. The van der Waals surface area contributed by atoms with E-state index < -0.39 is 0 Å². The lowest BCUT2D eigenvalue weighted by Gasteiger charge is -2.36. The number of rotatable bonds is 6. The van der Waals surface area contributed by atoms with Crippen LogP contribution in [-0.2, 0) is 0 Å². The van der Waals surface area contributed by atoms with Gasteiger partial charge in [0.05, 0.1) is 10.7 Å². The predicted octanol–water partition coefficient (Wildman–Crippen LogP) is 2.98. The van der Waals surface area contributed by atoms with Crippen LogP contribution in [0.2, 0.25) is 5.02 Å². The number of benzene rings is 1. The fourth-order valence-electron chi connectivity index (χ4n) is 2.78. The second-order valence-electron chi connectivity index (χ2n) is 5.62. The first-order valence-electron chi connectivity index (χ1n) is 7.68. The van der Waals surface area contributed by atoms with E-state index in [4.69, 9.17) is 17.3 Å². The first-order chi connectivity index (χ1) is 9.70. The van der Waals surface area contributed by atoms with E-state index in [1.54, 1.807) is 0 Å². The maximum atomic E-state index is 6.26. The summed E-state index contributed by atoms with van der Waals surface area (Å²) in [5.74, 6) is 0. The summed E-state index contributed by atoms with van der Waals surface area (Å²) in [6, 6.07) is 8.47. The van der Waals surface area contributed by atoms with Crippen molar-refractivity contribution in [3.8, 4) is 0 Å². The van der Waals surface area contributed by atoms with Crippen LogP contribution in [0.4, 0.5) is 5.69 Å². The van der Waals surface area contributed by atoms with E-state index in [0.29, 0.717) is 6.04 Å². The van der Waals surface area contributed by atoms with E-state index >= 15 is 0 Å². The van der Waals surface area contributed by atoms with Crippen molar-refractivity contribution in [2.24, 2.45) is 5.73 Å². The number of halogens is 1. The van der Waals surface area contributed by atoms with Crippen LogP contribution in [0, 0.1) is 0 Å². The number of nitrogens with zero attached hydrogens (tertiary/aromatic N) is 2. The van der Waals surface area contributed by atoms with Crippen LogP contribution in [0.25, 0.3) is 0 Å². The highest BCUT2D eigenvalue weighted by molar-refractivity contribution is 6.33. The molecule has 1 fully saturated rings. The predicted molar refractivity (Wildman–Crippen MR) is 87.6 cm³/mol. The second-order valence-corrected chi connectivity index (χ2v) is 6.02. The van der Waals surface area contributed by atoms with Crippen molar-refractivity contribution in [3.05, 3.63) is 29.3 Å². The maximum absolute atomic E-state index is 6.26. The van der Waals surface area contributed by atoms with Crippen molar-refractivity contribution in [2.75, 3.05) is 37.6 Å². The van der Waals surface area contributed by atoms with Gasteiger partial charge in [0.2, 0.25) is 0 Å². The van der Waals surface area contributed by atoms with Crippen molar-refractivity contribution in [2.45, 2.75) is 32.2 Å². The van der Waals surface area contributed by atoms with Crippen molar-refractivity contribution < 1.29 is 0 Å². The zero-order valence-electron chi connectivity index (χ0n) is 12.4. The van der Waals surface area contributed by atoms with Crippen LogP contribution < -0.4 is 10.6 Å². The minimum atomic E-state index is 0.363. The fraction of sp³-hybridized carbons (Fsp3) is 0.625. The molecule has 4 heteroatoms. The van der Waals surface area contributed by atoms with Gasteiger partial charge in [-0.1, -0.05) is 37.1 Å². The van der Waals surface area contributed by atoms with Gasteiger partial charge in [0.15, 0.2) is 0 Å². The molecule has 2 N–H and O–H groups in total. The van der Waals surface area contributed by atoms with E-state index in [1.165, 1.54) is 6.42 Å². The van der Waals surface area contributed by atoms with Crippen LogP contribution in [-0.4, -0.2) is 43.7 Å². The van der Waals surface area contributed by atoms with Crippen molar-refractivity contribution >= 4 is 17.3 Å². The standard InChI is InChI=1S/C16H26ClN3/c1-2-5-14(18)8-9-19-10-12-20(13-11-19)16-7-4-3-6-15(16)17/h3-4,6-7,14H,2,5,8-13,18H2,1H3. The van der Waals surface area contributed by atoms with Crippen LogP contribution >= 0.6 is 11.6 Å². The van der Waals surface area contributed by atoms with E-state index in [0.717, 1.165) is 56.3 Å². The Bertz CT molecular complexity index is 402. The van der Waals surface area contributed by atoms with Crippen LogP contribution in [0.15, 0.2) is 24.3 Å². The Morgan fingerprint density at radius 2 is 1.85 bits per heavy atom. The maximum Gasteiger partial charge on any atom is 0.0639 e. The molecule has 0 saturated carbocycles. The Hall–Kier alpha value is -0.770. The molecule has 112 valence electrons. The molecule has 0 aliphatic carbocycles. The minimum Gasteiger partial charge on any atom is -0.368 e. The molecule has 1 saturated heterocycles. The highest BCUT2D eigenvalue weighted by Crippen LogP contribution is 2.26. The number of nitrogens with two attached hydrogens (primary N) is 1. The molecule has 0 bridgehead atoms. The lowest BCUT2D eigenvalue weighted by Crippen LogP contribution is -2.47. The Balaban J connectivity index is 1.77. The molecule has 1 heterocycles. The summed E-state index contributed by atoms with van der Waals surface area (Å²) in [6.07, 6.45) is 3.43. The van der Waals surface area contributed by atoms with Gasteiger partial charge in [-0.05, 0) is 31.5 Å². The molecule has 20 heavy (non-hydrogen) atoms. The second kappa shape index (κ2) is 7.87. The average molecular weight is 296 g/mol. The average Bonchev–Trinajstić information content (AvgIpc) is 2.47. The Morgan fingerprint density at radius 3 is 2.50 bits per heavy atom. The number of para-hydroxylation sites is 1. The first-order valence-corrected chi connectivity index (χ1v) is 8.06. The summed E-state index contributed by atoms with van der Waals surface area (Å²) in [5.41, 5.74) is 7.25. The highest BCUT2D eigenvalue weighted by atomic mass is 35.5. The molecular weight excluding hydrogens is 270 g/mol. The zero-order valence-corrected chi connectivity index (χ0v) is 13.1. The molecule has 1 atom stereocenters. The van der Waals surface area contributed by atoms with Crippen LogP contribution in [0.1, 0.15) is 26.2 Å². The van der Waals surface area contributed by atoms with Gasteiger partial charge < -0.3 is 10.6 Å². The molecule has 1 aliphatic heterocycles. The van der Waals surface area contributed by atoms with Gasteiger partial charge in [-0.25, -0.2) is 0 Å². The van der Waals surface area contributed by atoms with Gasteiger partial charge in [-0.3, -0.25) is 4.90 Å². The zero-order chi connectivity index (χ0) is 14.4. The monoisotopic (exact) mass is 295 g/mol. The molecule has 0 spiro atoms. The number of anilines is 1. The summed E-state index contributed by atoms with van der Waals surface area (Å²) in [4.78, 5) is 4.90. The van der Waals surface area contributed by atoms with Gasteiger partial charge in [0.25, 0.3) is 0 Å². The topological polar surface area (TPSA) is 32.5 Å². The highest BCUT2D eigenvalue weighted by Gasteiger charge is 2.18. The third kappa shape index (κ3) is 4.37. The molecule has 2 rings (SSSR count). The quantitative estimate of drug-likeness (QED) is 0.876. The van der Waals surface area contributed by atoms with Gasteiger partial charge in [-0.15, -0.1) is 0 Å². The summed E-state index contributed by atoms with van der Waals surface area (Å²) in [6.45, 7) is 7.62. The first kappa shape index (κ1) is 15.6. The largest absolute Gasteiger partial charge is 0.368 e. The summed E-state index contributed by atoms with van der Waals surface area (Å²) in [7, 11) is 0. The fourth-order valence-corrected chi connectivity index (χ4v) is 3.04. The third-order valence-electron chi connectivity index (χ3n) is 4.04. The van der Waals surface area contributed by atoms with Gasteiger partial charge in [0.1, 0.15) is 0 Å². The lowest BCUT2D eigenvalue weighted by atomic mass is 10.1. The number of hydrogen-bond donors (Lipinski definition) is 1. The molecule has 0 aromatic heterocycles. The van der Waals surface area contributed by atoms with E-state index in [-0.39, 0.29) is 0 Å². The molecule has 1 aromatic rings. The van der Waals surface area contributed by atoms with Crippen LogP contribution in [0.5, 0.6) is 0 Å². The number of piperazine rings is 1. The van der Waals surface area contributed by atoms with Crippen molar-refractivity contribution in [1.29, 1.82) is 0 Å². The number of hydrogen-bond acceptors (Lipinski definition) is 3. The van der Waals surface area contributed by atoms with Gasteiger partial charge >= 0.3 is 0 Å². The summed E-state index contributed by atoms with van der Waals surface area (Å²) < 4.78 is 0. The summed E-state index contributed by atoms with van der Waals surface area (Å²) in [5, 5.41) is 0.853. The van der Waals surface area contributed by atoms with Gasteiger partial charge in [0, 0.05) is 32.2 Å². The van der Waals surface area contributed by atoms with Gasteiger partial charge in [-0.2, -0.15) is 0 Å². The molecular formula is C16H26ClN3. The third-order valence-corrected chi connectivity index (χ3v) is 4.36. The van der Waals surface area contributed by atoms with Crippen molar-refractivity contribution in [1.82, 2.24) is 4.90 Å².